The van der Waals surface area contributed by atoms with E-state index in [0.717, 1.165) is 27.5 Å². The number of benzene rings is 5. The van der Waals surface area contributed by atoms with E-state index in [-0.39, 0.29) is 11.5 Å². The Balaban J connectivity index is 1.25. The molecule has 0 radical (unpaired) electrons. The second-order valence-corrected chi connectivity index (χ2v) is 12.8. The number of ether oxygens (including phenoxy) is 3. The van der Waals surface area contributed by atoms with Crippen LogP contribution in [0.3, 0.4) is 0 Å². The van der Waals surface area contributed by atoms with E-state index in [1.807, 2.05) is 104 Å². The predicted octanol–water partition coefficient (Wildman–Crippen LogP) is 7.01. The summed E-state index contributed by atoms with van der Waals surface area (Å²) in [4.78, 5) is 33.4. The third-order valence-corrected chi connectivity index (χ3v) is 9.54. The Bertz CT molecular complexity index is 2410. The number of carbonyl (C=O) groups excluding carboxylic acids is 1. The van der Waals surface area contributed by atoms with Crippen molar-refractivity contribution in [3.8, 4) is 17.2 Å². The Kier molecular flexibility index (Phi) is 9.31. The van der Waals surface area contributed by atoms with Crippen LogP contribution in [0.4, 0.5) is 5.69 Å². The molecule has 6 aromatic rings. The number of nitrogens with one attached hydrogen (secondary N) is 1. The number of hydrogen-bond acceptors (Lipinski definition) is 7. The first-order chi connectivity index (χ1) is 24.4. The molecular formula is C41H35N3O5S. The number of rotatable bonds is 10. The number of para-hydroxylation sites is 1. The quantitative estimate of drug-likeness (QED) is 0.168. The Morgan fingerprint density at radius 3 is 2.44 bits per heavy atom. The number of aromatic nitrogens is 1. The van der Waals surface area contributed by atoms with E-state index in [1.165, 1.54) is 11.3 Å². The van der Waals surface area contributed by atoms with E-state index in [1.54, 1.807) is 18.6 Å². The minimum absolute atomic E-state index is 0.249. The van der Waals surface area contributed by atoms with Crippen LogP contribution in [-0.2, 0) is 11.4 Å². The van der Waals surface area contributed by atoms with E-state index < -0.39 is 6.04 Å². The molecule has 0 saturated carbocycles. The molecule has 0 fully saturated rings. The molecule has 7 rings (SSSR count). The fourth-order valence-corrected chi connectivity index (χ4v) is 7.21. The van der Waals surface area contributed by atoms with Gasteiger partial charge in [0.05, 0.1) is 35.6 Å². The van der Waals surface area contributed by atoms with Gasteiger partial charge in [0.2, 0.25) is 0 Å². The highest BCUT2D eigenvalue weighted by atomic mass is 32.1. The predicted molar refractivity (Wildman–Crippen MR) is 198 cm³/mol. The number of thiazole rings is 1. The van der Waals surface area contributed by atoms with Gasteiger partial charge in [-0.1, -0.05) is 90.2 Å². The SMILES string of the molecule is CCOc1cc(/C=c2/sc3n(c2=O)[C@H](c2ccc(OC)cc2)C(C(=O)Nc2ccccc2)=C(C)N=3)ccc1OCc1cccc2ccccc12. The molecule has 9 heteroatoms. The molecule has 1 atom stereocenters. The lowest BCUT2D eigenvalue weighted by atomic mass is 9.95. The van der Waals surface area contributed by atoms with Gasteiger partial charge in [0.15, 0.2) is 16.3 Å². The largest absolute Gasteiger partial charge is 0.497 e. The first-order valence-electron chi connectivity index (χ1n) is 16.3. The molecule has 2 heterocycles. The molecule has 8 nitrogen and oxygen atoms in total. The fourth-order valence-electron chi connectivity index (χ4n) is 6.16. The summed E-state index contributed by atoms with van der Waals surface area (Å²) in [6.07, 6.45) is 1.83. The van der Waals surface area contributed by atoms with Gasteiger partial charge in [0.1, 0.15) is 12.4 Å². The van der Waals surface area contributed by atoms with Gasteiger partial charge < -0.3 is 19.5 Å². The number of fused-ring (bicyclic) bond motifs is 2. The minimum atomic E-state index is -0.702. The second kappa shape index (κ2) is 14.3. The molecule has 5 aromatic carbocycles. The summed E-state index contributed by atoms with van der Waals surface area (Å²) in [6.45, 7) is 4.56. The summed E-state index contributed by atoms with van der Waals surface area (Å²) >= 11 is 1.28. The van der Waals surface area contributed by atoms with Crippen LogP contribution >= 0.6 is 11.3 Å². The van der Waals surface area contributed by atoms with Crippen molar-refractivity contribution in [2.45, 2.75) is 26.5 Å². The van der Waals surface area contributed by atoms with Crippen LogP contribution in [0.5, 0.6) is 17.2 Å². The average molecular weight is 682 g/mol. The first-order valence-corrected chi connectivity index (χ1v) is 17.1. The van der Waals surface area contributed by atoms with Crippen LogP contribution in [0.2, 0.25) is 0 Å². The van der Waals surface area contributed by atoms with Crippen LogP contribution in [0.25, 0.3) is 16.8 Å². The maximum atomic E-state index is 14.2. The van der Waals surface area contributed by atoms with E-state index in [9.17, 15) is 9.59 Å². The molecule has 1 aliphatic rings. The fraction of sp³-hybridized carbons (Fsp3) is 0.146. The summed E-state index contributed by atoms with van der Waals surface area (Å²) in [6, 6.07) is 36.0. The molecule has 0 unspecified atom stereocenters. The van der Waals surface area contributed by atoms with Crippen LogP contribution < -0.4 is 34.4 Å². The lowest BCUT2D eigenvalue weighted by Crippen LogP contribution is -2.40. The summed E-state index contributed by atoms with van der Waals surface area (Å²) in [5.41, 5.74) is 3.95. The van der Waals surface area contributed by atoms with Gasteiger partial charge in [-0.2, -0.15) is 0 Å². The Hall–Kier alpha value is -5.93. The van der Waals surface area contributed by atoms with Crippen LogP contribution in [0, 0.1) is 0 Å². The maximum Gasteiger partial charge on any atom is 0.271 e. The van der Waals surface area contributed by atoms with Gasteiger partial charge in [0.25, 0.3) is 11.5 Å². The maximum absolute atomic E-state index is 14.2. The number of methoxy groups -OCH3 is 1. The monoisotopic (exact) mass is 681 g/mol. The summed E-state index contributed by atoms with van der Waals surface area (Å²) < 4.78 is 19.7. The summed E-state index contributed by atoms with van der Waals surface area (Å²) in [5.74, 6) is 1.54. The van der Waals surface area contributed by atoms with Crippen molar-refractivity contribution in [3.63, 3.8) is 0 Å². The van der Waals surface area contributed by atoms with Crippen molar-refractivity contribution < 1.29 is 19.0 Å². The Morgan fingerprint density at radius 2 is 1.66 bits per heavy atom. The lowest BCUT2D eigenvalue weighted by molar-refractivity contribution is -0.113. The molecule has 0 spiro atoms. The molecule has 1 amide bonds. The van der Waals surface area contributed by atoms with Crippen molar-refractivity contribution in [2.75, 3.05) is 19.0 Å². The van der Waals surface area contributed by atoms with Gasteiger partial charge >= 0.3 is 0 Å². The van der Waals surface area contributed by atoms with Crippen LogP contribution in [0.1, 0.15) is 36.6 Å². The number of carbonyl (C=O) groups is 1. The Morgan fingerprint density at radius 1 is 0.900 bits per heavy atom. The minimum Gasteiger partial charge on any atom is -0.497 e. The van der Waals surface area contributed by atoms with Crippen LogP contribution in [0.15, 0.2) is 136 Å². The Labute approximate surface area is 293 Å². The van der Waals surface area contributed by atoms with E-state index in [0.29, 0.717) is 56.8 Å². The van der Waals surface area contributed by atoms with Gasteiger partial charge in [-0.15, -0.1) is 0 Å². The number of anilines is 1. The molecule has 50 heavy (non-hydrogen) atoms. The van der Waals surface area contributed by atoms with Crippen molar-refractivity contribution in [1.82, 2.24) is 4.57 Å². The number of nitrogens with zero attached hydrogens (tertiary/aromatic N) is 2. The lowest BCUT2D eigenvalue weighted by Gasteiger charge is -2.25. The molecule has 0 saturated heterocycles. The first kappa shape index (κ1) is 32.6. The number of amides is 1. The molecule has 0 aliphatic carbocycles. The molecule has 0 bridgehead atoms. The van der Waals surface area contributed by atoms with Gasteiger partial charge in [0, 0.05) is 5.69 Å². The zero-order valence-electron chi connectivity index (χ0n) is 27.9. The number of allylic oxidation sites excluding steroid dienone is 1. The van der Waals surface area contributed by atoms with Gasteiger partial charge in [-0.05, 0) is 83.8 Å². The molecular weight excluding hydrogens is 647 g/mol. The van der Waals surface area contributed by atoms with Crippen molar-refractivity contribution >= 4 is 39.8 Å². The smallest absolute Gasteiger partial charge is 0.271 e. The molecule has 1 aromatic heterocycles. The molecule has 1 N–H and O–H groups in total. The van der Waals surface area contributed by atoms with Crippen LogP contribution in [-0.4, -0.2) is 24.2 Å². The highest BCUT2D eigenvalue weighted by Crippen LogP contribution is 2.33. The standard InChI is InChI=1S/C41H35N3O5S/c1-4-48-35-23-27(17-22-34(35)49-25-30-13-10-12-28-11-8-9-16-33(28)30)24-36-40(46)44-38(29-18-20-32(47-3)21-19-29)37(26(2)42-41(44)50-36)39(45)43-31-14-6-5-7-15-31/h5-24,38H,4,25H2,1-3H3,(H,43,45)/b36-24+/t38-/m1/s1. The number of hydrogen-bond donors (Lipinski definition) is 1. The zero-order chi connectivity index (χ0) is 34.6. The third kappa shape index (κ3) is 6.55. The summed E-state index contributed by atoms with van der Waals surface area (Å²) in [7, 11) is 1.60. The van der Waals surface area contributed by atoms with E-state index in [4.69, 9.17) is 19.2 Å². The third-order valence-electron chi connectivity index (χ3n) is 8.56. The molecule has 1 aliphatic heterocycles. The van der Waals surface area contributed by atoms with Crippen molar-refractivity contribution in [1.29, 1.82) is 0 Å². The molecule has 250 valence electrons. The summed E-state index contributed by atoms with van der Waals surface area (Å²) in [5, 5.41) is 5.29. The van der Waals surface area contributed by atoms with Crippen molar-refractivity contribution in [3.05, 3.63) is 163 Å². The highest BCUT2D eigenvalue weighted by molar-refractivity contribution is 7.07. The zero-order valence-corrected chi connectivity index (χ0v) is 28.7. The topological polar surface area (TPSA) is 91.2 Å². The highest BCUT2D eigenvalue weighted by Gasteiger charge is 2.32. The normalized spacial score (nSPS) is 14.2. The van der Waals surface area contributed by atoms with Crippen molar-refractivity contribution in [2.24, 2.45) is 4.99 Å². The van der Waals surface area contributed by atoms with E-state index >= 15 is 0 Å². The van der Waals surface area contributed by atoms with Gasteiger partial charge in [-0.3, -0.25) is 14.2 Å². The van der Waals surface area contributed by atoms with E-state index in [2.05, 4.69) is 29.6 Å². The second-order valence-electron chi connectivity index (χ2n) is 11.7. The average Bonchev–Trinajstić information content (AvgIpc) is 3.44. The van der Waals surface area contributed by atoms with Gasteiger partial charge in [-0.25, -0.2) is 4.99 Å².